The van der Waals surface area contributed by atoms with Crippen LogP contribution in [0, 0.1) is 0 Å². The van der Waals surface area contributed by atoms with E-state index in [-0.39, 0.29) is 5.92 Å². The second-order valence-corrected chi connectivity index (χ2v) is 4.86. The summed E-state index contributed by atoms with van der Waals surface area (Å²) >= 11 is 12.3. The highest BCUT2D eigenvalue weighted by molar-refractivity contribution is 6.34. The second-order valence-electron chi connectivity index (χ2n) is 4.14. The number of halogens is 2. The third kappa shape index (κ3) is 2.93. The lowest BCUT2D eigenvalue weighted by Crippen LogP contribution is -2.01. The first-order valence-electron chi connectivity index (χ1n) is 5.62. The molecule has 0 aliphatic rings. The number of aromatic nitrogens is 4. The Labute approximate surface area is 121 Å². The summed E-state index contributed by atoms with van der Waals surface area (Å²) in [5, 5.41) is 0.671. The van der Waals surface area contributed by atoms with Crippen molar-refractivity contribution in [1.82, 2.24) is 19.9 Å². The number of nitrogens with zero attached hydrogens (tertiary/aromatic N) is 4. The van der Waals surface area contributed by atoms with Crippen molar-refractivity contribution >= 4 is 23.2 Å². The zero-order valence-corrected chi connectivity index (χ0v) is 12.2. The quantitative estimate of drug-likeness (QED) is 0.813. The number of rotatable bonds is 3. The first-order chi connectivity index (χ1) is 9.02. The molecule has 0 fully saturated rings. The van der Waals surface area contributed by atoms with E-state index in [0.29, 0.717) is 27.7 Å². The molecule has 0 aliphatic heterocycles. The lowest BCUT2D eigenvalue weighted by Gasteiger charge is -2.10. The van der Waals surface area contributed by atoms with Crippen LogP contribution < -0.4 is 4.74 Å². The van der Waals surface area contributed by atoms with Crippen molar-refractivity contribution in [1.29, 1.82) is 0 Å². The largest absolute Gasteiger partial charge is 0.481 e. The average molecular weight is 299 g/mol. The Morgan fingerprint density at radius 3 is 2.26 bits per heavy atom. The Bertz CT molecular complexity index is 581. The maximum atomic E-state index is 6.14. The van der Waals surface area contributed by atoms with Gasteiger partial charge in [0.15, 0.2) is 5.82 Å². The van der Waals surface area contributed by atoms with E-state index in [1.807, 2.05) is 13.8 Å². The molecule has 0 saturated carbocycles. The molecular weight excluding hydrogens is 287 g/mol. The van der Waals surface area contributed by atoms with Gasteiger partial charge in [0, 0.05) is 11.6 Å². The lowest BCUT2D eigenvalue weighted by molar-refractivity contribution is 0.397. The minimum Gasteiger partial charge on any atom is -0.481 e. The molecule has 0 aromatic carbocycles. The van der Waals surface area contributed by atoms with Crippen LogP contribution in [-0.2, 0) is 0 Å². The zero-order chi connectivity index (χ0) is 14.0. The van der Waals surface area contributed by atoms with Gasteiger partial charge in [0.25, 0.3) is 0 Å². The van der Waals surface area contributed by atoms with Crippen LogP contribution in [0.15, 0.2) is 12.4 Å². The zero-order valence-electron chi connectivity index (χ0n) is 10.7. The van der Waals surface area contributed by atoms with Gasteiger partial charge < -0.3 is 4.74 Å². The number of ether oxygens (including phenoxy) is 1. The van der Waals surface area contributed by atoms with Crippen LogP contribution >= 0.6 is 23.2 Å². The molecule has 2 aromatic rings. The summed E-state index contributed by atoms with van der Waals surface area (Å²) in [4.78, 5) is 16.4. The Balaban J connectivity index is 2.52. The van der Waals surface area contributed by atoms with Crippen molar-refractivity contribution in [3.63, 3.8) is 0 Å². The smallest absolute Gasteiger partial charge is 0.216 e. The highest BCUT2D eigenvalue weighted by atomic mass is 35.5. The predicted molar refractivity (Wildman–Crippen MR) is 73.7 cm³/mol. The van der Waals surface area contributed by atoms with E-state index in [4.69, 9.17) is 27.9 Å². The molecule has 2 aromatic heterocycles. The maximum absolute atomic E-state index is 6.14. The Hall–Kier alpha value is -1.46. The van der Waals surface area contributed by atoms with Crippen molar-refractivity contribution in [3.05, 3.63) is 28.3 Å². The monoisotopic (exact) mass is 298 g/mol. The van der Waals surface area contributed by atoms with Crippen molar-refractivity contribution in [3.8, 4) is 17.4 Å². The molecule has 5 nitrogen and oxygen atoms in total. The first kappa shape index (κ1) is 14.0. The molecule has 19 heavy (non-hydrogen) atoms. The van der Waals surface area contributed by atoms with E-state index in [9.17, 15) is 0 Å². The van der Waals surface area contributed by atoms with Crippen molar-refractivity contribution in [2.24, 2.45) is 0 Å². The number of methoxy groups -OCH3 is 1. The molecule has 0 saturated heterocycles. The summed E-state index contributed by atoms with van der Waals surface area (Å²) in [5.74, 6) is 0.919. The summed E-state index contributed by atoms with van der Waals surface area (Å²) in [6.07, 6.45) is 1.37. The van der Waals surface area contributed by atoms with Crippen LogP contribution in [-0.4, -0.2) is 27.0 Å². The number of hydrogen-bond acceptors (Lipinski definition) is 5. The molecule has 0 atom stereocenters. The van der Waals surface area contributed by atoms with E-state index >= 15 is 0 Å². The molecule has 2 heterocycles. The molecular formula is C12H12Cl2N4O. The van der Waals surface area contributed by atoms with Crippen LogP contribution in [0.2, 0.25) is 10.3 Å². The third-order valence-corrected chi connectivity index (χ3v) is 3.09. The fourth-order valence-corrected chi connectivity index (χ4v) is 2.40. The van der Waals surface area contributed by atoms with Gasteiger partial charge in [-0.2, -0.15) is 0 Å². The molecule has 100 valence electrons. The fraction of sp³-hybridized carbons (Fsp3) is 0.333. The van der Waals surface area contributed by atoms with E-state index in [2.05, 4.69) is 19.9 Å². The molecule has 0 amide bonds. The summed E-state index contributed by atoms with van der Waals surface area (Å²) in [6.45, 7) is 3.95. The van der Waals surface area contributed by atoms with Gasteiger partial charge in [-0.25, -0.2) is 19.9 Å². The van der Waals surface area contributed by atoms with E-state index in [0.717, 1.165) is 5.56 Å². The summed E-state index contributed by atoms with van der Waals surface area (Å²) in [5.41, 5.74) is 1.24. The Morgan fingerprint density at radius 2 is 1.74 bits per heavy atom. The van der Waals surface area contributed by atoms with Crippen LogP contribution in [0.25, 0.3) is 11.5 Å². The van der Waals surface area contributed by atoms with Gasteiger partial charge in [0.05, 0.1) is 7.11 Å². The number of hydrogen-bond donors (Lipinski definition) is 0. The van der Waals surface area contributed by atoms with Crippen molar-refractivity contribution in [2.45, 2.75) is 19.8 Å². The fourth-order valence-electron chi connectivity index (χ4n) is 1.58. The average Bonchev–Trinajstić information content (AvgIpc) is 2.37. The summed E-state index contributed by atoms with van der Waals surface area (Å²) in [7, 11) is 1.52. The molecule has 7 heteroatoms. The Morgan fingerprint density at radius 1 is 1.11 bits per heavy atom. The molecule has 0 unspecified atom stereocenters. The second kappa shape index (κ2) is 5.67. The van der Waals surface area contributed by atoms with Gasteiger partial charge in [-0.1, -0.05) is 37.0 Å². The highest BCUT2D eigenvalue weighted by Gasteiger charge is 2.16. The minimum atomic E-state index is 0.147. The van der Waals surface area contributed by atoms with Crippen LogP contribution in [0.3, 0.4) is 0 Å². The molecule has 0 radical (unpaired) electrons. The summed E-state index contributed by atoms with van der Waals surface area (Å²) in [6, 6.07) is 1.62. The van der Waals surface area contributed by atoms with Gasteiger partial charge >= 0.3 is 0 Å². The van der Waals surface area contributed by atoms with E-state index < -0.39 is 0 Å². The molecule has 0 N–H and O–H groups in total. The topological polar surface area (TPSA) is 60.8 Å². The van der Waals surface area contributed by atoms with Crippen molar-refractivity contribution < 1.29 is 4.74 Å². The van der Waals surface area contributed by atoms with Gasteiger partial charge in [0.2, 0.25) is 5.88 Å². The normalized spacial score (nSPS) is 10.8. The van der Waals surface area contributed by atoms with Crippen LogP contribution in [0.1, 0.15) is 25.3 Å². The minimum absolute atomic E-state index is 0.147. The third-order valence-electron chi connectivity index (χ3n) is 2.51. The SMILES string of the molecule is COc1cc(-c2nc(Cl)c(C(C)C)c(Cl)n2)ncn1. The van der Waals surface area contributed by atoms with Gasteiger partial charge in [0.1, 0.15) is 22.3 Å². The molecule has 0 bridgehead atoms. The molecule has 0 spiro atoms. The van der Waals surface area contributed by atoms with E-state index in [1.165, 1.54) is 13.4 Å². The van der Waals surface area contributed by atoms with Crippen LogP contribution in [0.5, 0.6) is 5.88 Å². The van der Waals surface area contributed by atoms with Gasteiger partial charge in [-0.15, -0.1) is 0 Å². The highest BCUT2D eigenvalue weighted by Crippen LogP contribution is 2.30. The lowest BCUT2D eigenvalue weighted by atomic mass is 10.1. The Kier molecular flexibility index (Phi) is 4.17. The first-order valence-corrected chi connectivity index (χ1v) is 6.38. The predicted octanol–water partition coefficient (Wildman–Crippen LogP) is 3.37. The van der Waals surface area contributed by atoms with Gasteiger partial charge in [-0.05, 0) is 5.92 Å². The van der Waals surface area contributed by atoms with Gasteiger partial charge in [-0.3, -0.25) is 0 Å². The molecule has 0 aliphatic carbocycles. The standard InChI is InChI=1S/C12H12Cl2N4O/c1-6(2)9-10(13)17-12(18-11(9)14)7-4-8(19-3)16-5-15-7/h4-6H,1-3H3. The molecule has 2 rings (SSSR count). The summed E-state index contributed by atoms with van der Waals surface area (Å²) < 4.78 is 5.03. The maximum Gasteiger partial charge on any atom is 0.216 e. The van der Waals surface area contributed by atoms with Crippen LogP contribution in [0.4, 0.5) is 0 Å². The van der Waals surface area contributed by atoms with E-state index in [1.54, 1.807) is 6.07 Å². The van der Waals surface area contributed by atoms with Crippen molar-refractivity contribution in [2.75, 3.05) is 7.11 Å².